The highest BCUT2D eigenvalue weighted by molar-refractivity contribution is 5.87. The first-order valence-electron chi connectivity index (χ1n) is 13.0. The highest BCUT2D eigenvalue weighted by Crippen LogP contribution is 2.21. The van der Waals surface area contributed by atoms with E-state index in [4.69, 9.17) is 0 Å². The van der Waals surface area contributed by atoms with Gasteiger partial charge >= 0.3 is 0 Å². The molecule has 0 fully saturated rings. The number of aromatic nitrogens is 1. The zero-order valence-electron chi connectivity index (χ0n) is 22.8. The minimum Gasteiger partial charge on any atom is -0.378 e. The van der Waals surface area contributed by atoms with Gasteiger partial charge in [-0.05, 0) is 42.2 Å². The Morgan fingerprint density at radius 1 is 0.917 bits per heavy atom. The van der Waals surface area contributed by atoms with Gasteiger partial charge in [-0.15, -0.1) is 0 Å². The Balaban J connectivity index is 1.81. The summed E-state index contributed by atoms with van der Waals surface area (Å²) < 4.78 is 0. The molecule has 0 aliphatic rings. The zero-order chi connectivity index (χ0) is 26.3. The van der Waals surface area contributed by atoms with Gasteiger partial charge in [0.1, 0.15) is 0 Å². The lowest BCUT2D eigenvalue weighted by Crippen LogP contribution is -2.47. The molecular weight excluding hydrogens is 448 g/mol. The number of aromatic amines is 1. The van der Waals surface area contributed by atoms with E-state index in [-0.39, 0.29) is 18.4 Å². The molecular formula is C30H42N4O2. The van der Waals surface area contributed by atoms with Crippen molar-refractivity contribution in [3.05, 3.63) is 65.9 Å². The zero-order valence-corrected chi connectivity index (χ0v) is 22.8. The Morgan fingerprint density at radius 3 is 2.25 bits per heavy atom. The second-order valence-electron chi connectivity index (χ2n) is 10.8. The molecule has 2 amide bonds. The Labute approximate surface area is 216 Å². The molecule has 194 valence electrons. The average molecular weight is 491 g/mol. The summed E-state index contributed by atoms with van der Waals surface area (Å²) in [5, 5.41) is 1.19. The quantitative estimate of drug-likeness (QED) is 0.387. The van der Waals surface area contributed by atoms with Crippen LogP contribution in [0.1, 0.15) is 51.7 Å². The van der Waals surface area contributed by atoms with Crippen molar-refractivity contribution >= 4 is 28.4 Å². The van der Waals surface area contributed by atoms with E-state index in [1.165, 1.54) is 10.9 Å². The molecule has 1 N–H and O–H groups in total. The molecule has 0 saturated carbocycles. The molecule has 3 rings (SSSR count). The number of carbonyl (C=O) groups is 2. The van der Waals surface area contributed by atoms with Crippen molar-refractivity contribution in [1.82, 2.24) is 14.8 Å². The number of rotatable bonds is 11. The van der Waals surface area contributed by atoms with E-state index < -0.39 is 5.41 Å². The van der Waals surface area contributed by atoms with Gasteiger partial charge < -0.3 is 19.7 Å². The van der Waals surface area contributed by atoms with E-state index in [1.54, 1.807) is 4.90 Å². The van der Waals surface area contributed by atoms with Crippen LogP contribution in [-0.4, -0.2) is 60.3 Å². The van der Waals surface area contributed by atoms with Gasteiger partial charge in [0.2, 0.25) is 11.8 Å². The van der Waals surface area contributed by atoms with Gasteiger partial charge in [-0.25, -0.2) is 0 Å². The summed E-state index contributed by atoms with van der Waals surface area (Å²) in [4.78, 5) is 35.8. The Hall–Kier alpha value is -3.28. The van der Waals surface area contributed by atoms with Gasteiger partial charge in [0, 0.05) is 61.9 Å². The summed E-state index contributed by atoms with van der Waals surface area (Å²) >= 11 is 0. The van der Waals surface area contributed by atoms with Crippen molar-refractivity contribution < 1.29 is 9.59 Å². The van der Waals surface area contributed by atoms with Gasteiger partial charge in [0.05, 0.1) is 6.54 Å². The Morgan fingerprint density at radius 2 is 1.61 bits per heavy atom. The van der Waals surface area contributed by atoms with Crippen LogP contribution in [0.15, 0.2) is 54.7 Å². The number of carbonyl (C=O) groups excluding carboxylic acids is 2. The number of nitrogens with one attached hydrogen (secondary N) is 1. The summed E-state index contributed by atoms with van der Waals surface area (Å²) in [5.41, 5.74) is 3.98. The van der Waals surface area contributed by atoms with Crippen LogP contribution in [0.3, 0.4) is 0 Å². The third kappa shape index (κ3) is 7.12. The molecule has 0 atom stereocenters. The van der Waals surface area contributed by atoms with Crippen LogP contribution < -0.4 is 4.90 Å². The second kappa shape index (κ2) is 12.1. The molecule has 0 bridgehead atoms. The van der Waals surface area contributed by atoms with Crippen LogP contribution in [0.2, 0.25) is 0 Å². The van der Waals surface area contributed by atoms with Crippen LogP contribution in [0.5, 0.6) is 0 Å². The molecule has 6 heteroatoms. The molecule has 0 aliphatic carbocycles. The van der Waals surface area contributed by atoms with Crippen molar-refractivity contribution in [2.45, 2.75) is 53.5 Å². The first kappa shape index (κ1) is 27.3. The highest BCUT2D eigenvalue weighted by atomic mass is 16.2. The van der Waals surface area contributed by atoms with Crippen molar-refractivity contribution in [2.75, 3.05) is 38.6 Å². The van der Waals surface area contributed by atoms with Crippen LogP contribution in [0.25, 0.3) is 10.9 Å². The van der Waals surface area contributed by atoms with Crippen molar-refractivity contribution in [3.8, 4) is 0 Å². The Bertz CT molecular complexity index is 1140. The number of para-hydroxylation sites is 1. The standard InChI is InChI=1S/C30H42N4O2/c1-7-8-18-34(29(36)30(2,3)4)22-28(35)33(21-23-13-15-25(16-14-23)32(5)6)19-17-24-20-31-27-12-10-9-11-26(24)27/h9-16,20,31H,7-8,17-19,21-22H2,1-6H3. The minimum atomic E-state index is -0.523. The monoisotopic (exact) mass is 490 g/mol. The van der Waals surface area contributed by atoms with Crippen molar-refractivity contribution in [2.24, 2.45) is 5.41 Å². The van der Waals surface area contributed by atoms with Gasteiger partial charge in [-0.3, -0.25) is 9.59 Å². The summed E-state index contributed by atoms with van der Waals surface area (Å²) in [6.07, 6.45) is 4.64. The number of unbranched alkanes of at least 4 members (excludes halogenated alkanes) is 1. The molecule has 1 aromatic heterocycles. The largest absolute Gasteiger partial charge is 0.378 e. The van der Waals surface area contributed by atoms with Crippen LogP contribution in [0.4, 0.5) is 5.69 Å². The van der Waals surface area contributed by atoms with Gasteiger partial charge in [-0.2, -0.15) is 0 Å². The number of amides is 2. The maximum Gasteiger partial charge on any atom is 0.242 e. The normalized spacial score (nSPS) is 11.5. The third-order valence-electron chi connectivity index (χ3n) is 6.54. The highest BCUT2D eigenvalue weighted by Gasteiger charge is 2.29. The number of hydrogen-bond donors (Lipinski definition) is 1. The fraction of sp³-hybridized carbons (Fsp3) is 0.467. The molecule has 0 spiro atoms. The number of nitrogens with zero attached hydrogens (tertiary/aromatic N) is 3. The van der Waals surface area contributed by atoms with E-state index in [0.717, 1.165) is 36.0 Å². The van der Waals surface area contributed by atoms with E-state index in [2.05, 4.69) is 53.2 Å². The molecule has 36 heavy (non-hydrogen) atoms. The molecule has 2 aromatic carbocycles. The third-order valence-corrected chi connectivity index (χ3v) is 6.54. The predicted octanol–water partition coefficient (Wildman–Crippen LogP) is 5.48. The summed E-state index contributed by atoms with van der Waals surface area (Å²) in [6.45, 7) is 9.67. The number of hydrogen-bond acceptors (Lipinski definition) is 3. The van der Waals surface area contributed by atoms with Crippen molar-refractivity contribution in [1.29, 1.82) is 0 Å². The lowest BCUT2D eigenvalue weighted by molar-refractivity contribution is -0.145. The lowest BCUT2D eigenvalue weighted by atomic mass is 9.94. The predicted molar refractivity (Wildman–Crippen MR) is 149 cm³/mol. The molecule has 0 unspecified atom stereocenters. The molecule has 6 nitrogen and oxygen atoms in total. The minimum absolute atomic E-state index is 0.0137. The smallest absolute Gasteiger partial charge is 0.242 e. The lowest BCUT2D eigenvalue weighted by Gasteiger charge is -2.32. The number of anilines is 1. The summed E-state index contributed by atoms with van der Waals surface area (Å²) in [5.74, 6) is 0.0106. The average Bonchev–Trinajstić information content (AvgIpc) is 3.26. The van der Waals surface area contributed by atoms with E-state index >= 15 is 0 Å². The number of benzene rings is 2. The number of fused-ring (bicyclic) bond motifs is 1. The maximum atomic E-state index is 13.7. The van der Waals surface area contributed by atoms with Crippen LogP contribution in [0, 0.1) is 5.41 Å². The van der Waals surface area contributed by atoms with Crippen molar-refractivity contribution in [3.63, 3.8) is 0 Å². The van der Waals surface area contributed by atoms with E-state index in [9.17, 15) is 9.59 Å². The molecule has 0 radical (unpaired) electrons. The first-order valence-corrected chi connectivity index (χ1v) is 13.0. The van der Waals surface area contributed by atoms with E-state index in [0.29, 0.717) is 19.6 Å². The van der Waals surface area contributed by atoms with Gasteiger partial charge in [-0.1, -0.05) is 64.4 Å². The molecule has 0 saturated heterocycles. The van der Waals surface area contributed by atoms with Gasteiger partial charge in [0.15, 0.2) is 0 Å². The first-order chi connectivity index (χ1) is 17.1. The molecule has 0 aliphatic heterocycles. The maximum absolute atomic E-state index is 13.7. The summed E-state index contributed by atoms with van der Waals surface area (Å²) in [6, 6.07) is 16.6. The fourth-order valence-electron chi connectivity index (χ4n) is 4.34. The molecule has 3 aromatic rings. The SMILES string of the molecule is CCCCN(CC(=O)N(CCc1c[nH]c2ccccc12)Cc1ccc(N(C)C)cc1)C(=O)C(C)(C)C. The summed E-state index contributed by atoms with van der Waals surface area (Å²) in [7, 11) is 4.03. The number of H-pyrrole nitrogens is 1. The second-order valence-corrected chi connectivity index (χ2v) is 10.8. The van der Waals surface area contributed by atoms with Crippen LogP contribution in [-0.2, 0) is 22.6 Å². The van der Waals surface area contributed by atoms with Crippen LogP contribution >= 0.6 is 0 Å². The Kier molecular flexibility index (Phi) is 9.19. The molecule has 1 heterocycles. The topological polar surface area (TPSA) is 59.7 Å². The fourth-order valence-corrected chi connectivity index (χ4v) is 4.34. The van der Waals surface area contributed by atoms with E-state index in [1.807, 2.05) is 58.1 Å². The van der Waals surface area contributed by atoms with Gasteiger partial charge in [0.25, 0.3) is 0 Å².